The Labute approximate surface area is 247 Å². The van der Waals surface area contributed by atoms with Gasteiger partial charge in [-0.3, -0.25) is 20.0 Å². The second kappa shape index (κ2) is 14.2. The van der Waals surface area contributed by atoms with Crippen LogP contribution in [0.5, 0.6) is 0 Å². The van der Waals surface area contributed by atoms with Gasteiger partial charge in [-0.05, 0) is 63.2 Å². The summed E-state index contributed by atoms with van der Waals surface area (Å²) in [6.07, 6.45) is 5.64. The number of likely N-dealkylation sites (N-methyl/N-ethyl adjacent to an activating group) is 1. The van der Waals surface area contributed by atoms with Crippen LogP contribution < -0.4 is 10.6 Å². The fraction of sp³-hybridized carbons (Fsp3) is 0.600. The van der Waals surface area contributed by atoms with Crippen LogP contribution >= 0.6 is 11.3 Å². The molecule has 1 aliphatic carbocycles. The SMILES string of the molecule is CN1CCN(CCN(Cc2ccc(C(=O)Cc3cscc3NC(=O)OC(C)(C)C)nc2)C(=O)NC2CCCC2)CC1. The molecule has 1 saturated heterocycles. The molecular weight excluding hydrogens is 540 g/mol. The lowest BCUT2D eigenvalue weighted by Crippen LogP contribution is -2.49. The van der Waals surface area contributed by atoms with E-state index < -0.39 is 11.7 Å². The third-order valence-electron chi connectivity index (χ3n) is 7.46. The number of nitrogens with zero attached hydrogens (tertiary/aromatic N) is 4. The van der Waals surface area contributed by atoms with Crippen molar-refractivity contribution in [1.82, 2.24) is 25.0 Å². The zero-order valence-electron chi connectivity index (χ0n) is 24.8. The number of hydrogen-bond acceptors (Lipinski definition) is 8. The molecule has 2 aromatic rings. The maximum Gasteiger partial charge on any atom is 0.412 e. The summed E-state index contributed by atoms with van der Waals surface area (Å²) in [4.78, 5) is 49.5. The molecule has 0 bridgehead atoms. The summed E-state index contributed by atoms with van der Waals surface area (Å²) in [5.74, 6) is -0.145. The van der Waals surface area contributed by atoms with Crippen molar-refractivity contribution in [3.63, 3.8) is 0 Å². The number of aromatic nitrogens is 1. The Morgan fingerprint density at radius 3 is 2.49 bits per heavy atom. The second-order valence-electron chi connectivity index (χ2n) is 12.1. The van der Waals surface area contributed by atoms with Gasteiger partial charge in [0, 0.05) is 69.9 Å². The number of pyridine rings is 1. The van der Waals surface area contributed by atoms with Gasteiger partial charge in [-0.15, -0.1) is 11.3 Å². The van der Waals surface area contributed by atoms with Gasteiger partial charge in [0.2, 0.25) is 0 Å². The molecule has 1 aliphatic heterocycles. The van der Waals surface area contributed by atoms with E-state index in [4.69, 9.17) is 4.74 Å². The highest BCUT2D eigenvalue weighted by Crippen LogP contribution is 2.24. The molecule has 3 amide bonds. The zero-order chi connectivity index (χ0) is 29.4. The summed E-state index contributed by atoms with van der Waals surface area (Å²) in [5.41, 5.74) is 1.90. The highest BCUT2D eigenvalue weighted by Gasteiger charge is 2.23. The van der Waals surface area contributed by atoms with Crippen molar-refractivity contribution < 1.29 is 19.1 Å². The predicted octanol–water partition coefficient (Wildman–Crippen LogP) is 4.62. The Kier molecular flexibility index (Phi) is 10.7. The standard InChI is InChI=1S/C30H44N6O4S/c1-30(2,3)40-29(39)33-26-21-41-20-23(26)17-27(37)25-10-9-22(18-31-25)19-36(28(38)32-24-7-5-6-8-24)16-15-35-13-11-34(4)12-14-35/h9-10,18,20-21,24H,5-8,11-17,19H2,1-4H3,(H,32,38)(H,33,39). The lowest BCUT2D eigenvalue weighted by molar-refractivity contribution is 0.0635. The summed E-state index contributed by atoms with van der Waals surface area (Å²) in [6.45, 7) is 11.4. The van der Waals surface area contributed by atoms with Gasteiger partial charge in [0.15, 0.2) is 5.78 Å². The molecule has 41 heavy (non-hydrogen) atoms. The Morgan fingerprint density at radius 2 is 1.83 bits per heavy atom. The summed E-state index contributed by atoms with van der Waals surface area (Å²) >= 11 is 1.41. The lowest BCUT2D eigenvalue weighted by Gasteiger charge is -2.34. The number of Topliss-reactive ketones (excluding diaryl/α,β-unsaturated/α-hetero) is 1. The molecule has 11 heteroatoms. The van der Waals surface area contributed by atoms with Crippen LogP contribution in [0.15, 0.2) is 29.1 Å². The van der Waals surface area contributed by atoms with E-state index >= 15 is 0 Å². The number of thiophene rings is 1. The van der Waals surface area contributed by atoms with Crippen molar-refractivity contribution >= 4 is 34.9 Å². The topological polar surface area (TPSA) is 107 Å². The van der Waals surface area contributed by atoms with E-state index in [2.05, 4.69) is 32.5 Å². The van der Waals surface area contributed by atoms with Crippen LogP contribution in [0.2, 0.25) is 0 Å². The molecule has 0 radical (unpaired) electrons. The molecule has 1 saturated carbocycles. The number of ether oxygens (including phenoxy) is 1. The first-order chi connectivity index (χ1) is 19.6. The summed E-state index contributed by atoms with van der Waals surface area (Å²) < 4.78 is 5.33. The van der Waals surface area contributed by atoms with Crippen molar-refractivity contribution in [3.8, 4) is 0 Å². The number of anilines is 1. The van der Waals surface area contributed by atoms with Crippen LogP contribution in [0.25, 0.3) is 0 Å². The van der Waals surface area contributed by atoms with Gasteiger partial charge in [-0.25, -0.2) is 9.59 Å². The number of piperazine rings is 1. The van der Waals surface area contributed by atoms with E-state index in [1.807, 2.05) is 16.3 Å². The number of nitrogens with one attached hydrogen (secondary N) is 2. The van der Waals surface area contributed by atoms with E-state index in [9.17, 15) is 14.4 Å². The van der Waals surface area contributed by atoms with Gasteiger partial charge >= 0.3 is 12.1 Å². The average molecular weight is 585 g/mol. The lowest BCUT2D eigenvalue weighted by atomic mass is 10.1. The molecule has 0 unspecified atom stereocenters. The third-order valence-corrected chi connectivity index (χ3v) is 8.26. The van der Waals surface area contributed by atoms with Crippen molar-refractivity contribution in [2.24, 2.45) is 0 Å². The van der Waals surface area contributed by atoms with E-state index in [0.29, 0.717) is 24.5 Å². The first-order valence-electron chi connectivity index (χ1n) is 14.6. The maximum absolute atomic E-state index is 13.2. The quantitative estimate of drug-likeness (QED) is 0.393. The van der Waals surface area contributed by atoms with Crippen LogP contribution in [0.4, 0.5) is 15.3 Å². The van der Waals surface area contributed by atoms with E-state index in [-0.39, 0.29) is 24.3 Å². The van der Waals surface area contributed by atoms with Crippen LogP contribution in [0.1, 0.15) is 68.1 Å². The average Bonchev–Trinajstić information content (AvgIpc) is 3.59. The van der Waals surface area contributed by atoms with E-state index in [1.165, 1.54) is 11.3 Å². The van der Waals surface area contributed by atoms with Gasteiger partial charge in [0.05, 0.1) is 5.69 Å². The molecule has 4 rings (SSSR count). The smallest absolute Gasteiger partial charge is 0.412 e. The molecule has 0 spiro atoms. The number of urea groups is 1. The maximum atomic E-state index is 13.2. The zero-order valence-corrected chi connectivity index (χ0v) is 25.6. The van der Waals surface area contributed by atoms with Gasteiger partial charge < -0.3 is 19.9 Å². The fourth-order valence-electron chi connectivity index (χ4n) is 5.07. The number of ketones is 1. The third kappa shape index (κ3) is 9.79. The second-order valence-corrected chi connectivity index (χ2v) is 12.8. The minimum atomic E-state index is -0.612. The number of hydrogen-bond donors (Lipinski definition) is 2. The summed E-state index contributed by atoms with van der Waals surface area (Å²) in [6, 6.07) is 3.81. The minimum absolute atomic E-state index is 0.0337. The van der Waals surface area contributed by atoms with Gasteiger partial charge in [0.1, 0.15) is 11.3 Å². The van der Waals surface area contributed by atoms with Crippen LogP contribution in [0.3, 0.4) is 0 Å². The number of amides is 3. The number of carbonyl (C=O) groups excluding carboxylic acids is 3. The molecular formula is C30H44N6O4S. The molecule has 2 aromatic heterocycles. The fourth-order valence-corrected chi connectivity index (χ4v) is 5.86. The minimum Gasteiger partial charge on any atom is -0.444 e. The first-order valence-corrected chi connectivity index (χ1v) is 15.5. The van der Waals surface area contributed by atoms with Crippen molar-refractivity contribution in [2.75, 3.05) is 51.6 Å². The first kappa shape index (κ1) is 30.9. The highest BCUT2D eigenvalue weighted by atomic mass is 32.1. The molecule has 224 valence electrons. The normalized spacial score (nSPS) is 16.9. The van der Waals surface area contributed by atoms with E-state index in [0.717, 1.165) is 69.5 Å². The Bertz CT molecular complexity index is 1160. The summed E-state index contributed by atoms with van der Waals surface area (Å²) in [7, 11) is 2.14. The Hall–Kier alpha value is -3.02. The van der Waals surface area contributed by atoms with Crippen molar-refractivity contribution in [1.29, 1.82) is 0 Å². The highest BCUT2D eigenvalue weighted by molar-refractivity contribution is 7.08. The van der Waals surface area contributed by atoms with E-state index in [1.54, 1.807) is 38.4 Å². The molecule has 2 aliphatic rings. The summed E-state index contributed by atoms with van der Waals surface area (Å²) in [5, 5.41) is 9.60. The monoisotopic (exact) mass is 584 g/mol. The number of rotatable bonds is 10. The molecule has 2 fully saturated rings. The Balaban J connectivity index is 1.35. The molecule has 0 atom stereocenters. The van der Waals surface area contributed by atoms with Crippen molar-refractivity contribution in [3.05, 3.63) is 45.9 Å². The Morgan fingerprint density at radius 1 is 1.10 bits per heavy atom. The van der Waals surface area contributed by atoms with Gasteiger partial charge in [-0.2, -0.15) is 0 Å². The van der Waals surface area contributed by atoms with Crippen molar-refractivity contribution in [2.45, 2.75) is 71.1 Å². The van der Waals surface area contributed by atoms with Gasteiger partial charge in [-0.1, -0.05) is 18.9 Å². The van der Waals surface area contributed by atoms with Crippen LogP contribution in [0, 0.1) is 0 Å². The predicted molar refractivity (Wildman–Crippen MR) is 162 cm³/mol. The molecule has 3 heterocycles. The largest absolute Gasteiger partial charge is 0.444 e. The van der Waals surface area contributed by atoms with Crippen LogP contribution in [-0.2, 0) is 17.7 Å². The van der Waals surface area contributed by atoms with Gasteiger partial charge in [0.25, 0.3) is 0 Å². The van der Waals surface area contributed by atoms with Crippen LogP contribution in [-0.4, -0.2) is 95.6 Å². The molecule has 0 aromatic carbocycles. The molecule has 10 nitrogen and oxygen atoms in total. The molecule has 2 N–H and O–H groups in total. The number of carbonyl (C=O) groups is 3.